The van der Waals surface area contributed by atoms with Crippen molar-refractivity contribution < 1.29 is 27.9 Å². The summed E-state index contributed by atoms with van der Waals surface area (Å²) in [4.78, 5) is 24.8. The third-order valence-corrected chi connectivity index (χ3v) is 4.04. The fourth-order valence-corrected chi connectivity index (χ4v) is 2.64. The number of hydrogen-bond acceptors (Lipinski definition) is 5. The smallest absolute Gasteiger partial charge is 0.329 e. The average molecular weight is 397 g/mol. The number of hydrogen-bond donors (Lipinski definition) is 1. The quantitative estimate of drug-likeness (QED) is 0.442. The van der Waals surface area contributed by atoms with Crippen molar-refractivity contribution in [1.82, 2.24) is 5.32 Å². The molecule has 0 aliphatic heterocycles. The van der Waals surface area contributed by atoms with Gasteiger partial charge >= 0.3 is 5.97 Å². The Labute approximate surface area is 167 Å². The second kappa shape index (κ2) is 10.1. The van der Waals surface area contributed by atoms with Crippen molar-refractivity contribution in [3.05, 3.63) is 90.1 Å². The van der Waals surface area contributed by atoms with Gasteiger partial charge in [0.25, 0.3) is 5.91 Å². The van der Waals surface area contributed by atoms with Crippen LogP contribution in [0.5, 0.6) is 5.75 Å². The number of rotatable bonds is 9. The van der Waals surface area contributed by atoms with Gasteiger partial charge in [0.1, 0.15) is 19.3 Å². The third kappa shape index (κ3) is 5.93. The SMILES string of the molecule is O=C(NC(Cc1ccccc1)C(=O)OCCOc1ccccc1F)c1ccco1. The molecule has 29 heavy (non-hydrogen) atoms. The zero-order chi connectivity index (χ0) is 20.5. The molecule has 1 heterocycles. The van der Waals surface area contributed by atoms with Crippen LogP contribution < -0.4 is 10.1 Å². The van der Waals surface area contributed by atoms with E-state index in [9.17, 15) is 14.0 Å². The van der Waals surface area contributed by atoms with Crippen molar-refractivity contribution in [1.29, 1.82) is 0 Å². The molecule has 0 aliphatic carbocycles. The summed E-state index contributed by atoms with van der Waals surface area (Å²) in [5, 5.41) is 2.63. The maximum absolute atomic E-state index is 13.5. The number of halogens is 1. The molecule has 0 fully saturated rings. The summed E-state index contributed by atoms with van der Waals surface area (Å²) >= 11 is 0. The van der Waals surface area contributed by atoms with Gasteiger partial charge in [-0.1, -0.05) is 42.5 Å². The molecule has 3 rings (SSSR count). The van der Waals surface area contributed by atoms with Crippen LogP contribution in [0.1, 0.15) is 16.1 Å². The van der Waals surface area contributed by atoms with Crippen LogP contribution >= 0.6 is 0 Å². The number of esters is 1. The first-order valence-electron chi connectivity index (χ1n) is 9.06. The number of amides is 1. The highest BCUT2D eigenvalue weighted by molar-refractivity contribution is 5.94. The molecule has 6 nitrogen and oxygen atoms in total. The van der Waals surface area contributed by atoms with Gasteiger partial charge in [-0.2, -0.15) is 0 Å². The molecule has 0 aliphatic rings. The minimum Gasteiger partial charge on any atom is -0.487 e. The highest BCUT2D eigenvalue weighted by Gasteiger charge is 2.24. The van der Waals surface area contributed by atoms with Gasteiger partial charge < -0.3 is 19.2 Å². The van der Waals surface area contributed by atoms with Gasteiger partial charge in [0.15, 0.2) is 17.3 Å². The van der Waals surface area contributed by atoms with Crippen LogP contribution in [0.3, 0.4) is 0 Å². The zero-order valence-electron chi connectivity index (χ0n) is 15.5. The molecular formula is C22H20FNO5. The number of benzene rings is 2. The summed E-state index contributed by atoms with van der Waals surface area (Å²) in [6.45, 7) is -0.105. The molecule has 150 valence electrons. The Kier molecular flexibility index (Phi) is 7.00. The summed E-state index contributed by atoms with van der Waals surface area (Å²) in [7, 11) is 0. The summed E-state index contributed by atoms with van der Waals surface area (Å²) in [6.07, 6.45) is 1.62. The first kappa shape index (κ1) is 20.1. The van der Waals surface area contributed by atoms with Crippen LogP contribution in [0, 0.1) is 5.82 Å². The van der Waals surface area contributed by atoms with E-state index < -0.39 is 23.7 Å². The summed E-state index contributed by atoms with van der Waals surface area (Å²) in [5.41, 5.74) is 0.858. The fourth-order valence-electron chi connectivity index (χ4n) is 2.64. The van der Waals surface area contributed by atoms with Crippen LogP contribution in [0.15, 0.2) is 77.4 Å². The maximum atomic E-state index is 13.5. The van der Waals surface area contributed by atoms with E-state index in [2.05, 4.69) is 5.32 Å². The van der Waals surface area contributed by atoms with Crippen LogP contribution in [0.25, 0.3) is 0 Å². The molecule has 1 amide bonds. The van der Waals surface area contributed by atoms with Crippen molar-refractivity contribution in [3.63, 3.8) is 0 Å². The van der Waals surface area contributed by atoms with E-state index in [4.69, 9.17) is 13.9 Å². The topological polar surface area (TPSA) is 77.8 Å². The van der Waals surface area contributed by atoms with Crippen LogP contribution in [0.2, 0.25) is 0 Å². The lowest BCUT2D eigenvalue weighted by molar-refractivity contribution is -0.146. The third-order valence-electron chi connectivity index (χ3n) is 4.04. The van der Waals surface area contributed by atoms with Crippen LogP contribution in [-0.4, -0.2) is 31.1 Å². The molecule has 2 aromatic carbocycles. The highest BCUT2D eigenvalue weighted by atomic mass is 19.1. The molecule has 0 spiro atoms. The molecule has 1 unspecified atom stereocenters. The van der Waals surface area contributed by atoms with Gasteiger partial charge in [-0.15, -0.1) is 0 Å². The normalized spacial score (nSPS) is 11.5. The number of ether oxygens (including phenoxy) is 2. The molecule has 0 saturated carbocycles. The molecule has 0 radical (unpaired) electrons. The Morgan fingerprint density at radius 1 is 0.966 bits per heavy atom. The number of carbonyl (C=O) groups is 2. The first-order valence-corrected chi connectivity index (χ1v) is 9.06. The van der Waals surface area contributed by atoms with E-state index in [1.165, 1.54) is 24.5 Å². The molecular weight excluding hydrogens is 377 g/mol. The average Bonchev–Trinajstić information content (AvgIpc) is 3.27. The van der Waals surface area contributed by atoms with E-state index in [1.807, 2.05) is 30.3 Å². The Morgan fingerprint density at radius 3 is 2.45 bits per heavy atom. The first-order chi connectivity index (χ1) is 14.1. The van der Waals surface area contributed by atoms with Gasteiger partial charge in [-0.05, 0) is 29.8 Å². The van der Waals surface area contributed by atoms with Gasteiger partial charge in [0, 0.05) is 6.42 Å². The van der Waals surface area contributed by atoms with E-state index >= 15 is 0 Å². The summed E-state index contributed by atoms with van der Waals surface area (Å²) in [5.74, 6) is -1.46. The minimum atomic E-state index is -0.913. The van der Waals surface area contributed by atoms with Crippen molar-refractivity contribution in [2.24, 2.45) is 0 Å². The van der Waals surface area contributed by atoms with Crippen molar-refractivity contribution in [2.45, 2.75) is 12.5 Å². The summed E-state index contributed by atoms with van der Waals surface area (Å²) < 4.78 is 29.1. The van der Waals surface area contributed by atoms with Gasteiger partial charge in [-0.25, -0.2) is 9.18 Å². The van der Waals surface area contributed by atoms with Crippen molar-refractivity contribution >= 4 is 11.9 Å². The van der Waals surface area contributed by atoms with Gasteiger partial charge in [-0.3, -0.25) is 4.79 Å². The number of para-hydroxylation sites is 1. The maximum Gasteiger partial charge on any atom is 0.329 e. The predicted molar refractivity (Wildman–Crippen MR) is 103 cm³/mol. The lowest BCUT2D eigenvalue weighted by atomic mass is 10.1. The lowest BCUT2D eigenvalue weighted by Crippen LogP contribution is -2.43. The molecule has 1 atom stereocenters. The van der Waals surface area contributed by atoms with E-state index in [1.54, 1.807) is 18.2 Å². The monoisotopic (exact) mass is 397 g/mol. The van der Waals surface area contributed by atoms with E-state index in [-0.39, 0.29) is 31.1 Å². The summed E-state index contributed by atoms with van der Waals surface area (Å²) in [6, 6.07) is 17.4. The van der Waals surface area contributed by atoms with Crippen LogP contribution in [0.4, 0.5) is 4.39 Å². The number of furan rings is 1. The van der Waals surface area contributed by atoms with E-state index in [0.29, 0.717) is 0 Å². The highest BCUT2D eigenvalue weighted by Crippen LogP contribution is 2.15. The standard InChI is InChI=1S/C22H20FNO5/c23-17-9-4-5-10-19(17)28-13-14-29-22(26)18(15-16-7-2-1-3-8-16)24-21(25)20-11-6-12-27-20/h1-12,18H,13-15H2,(H,24,25). The molecule has 0 saturated heterocycles. The Hall–Kier alpha value is -3.61. The van der Waals surface area contributed by atoms with Crippen molar-refractivity contribution in [3.8, 4) is 5.75 Å². The van der Waals surface area contributed by atoms with Crippen LogP contribution in [-0.2, 0) is 16.0 Å². The second-order valence-electron chi connectivity index (χ2n) is 6.14. The molecule has 1 aromatic heterocycles. The number of carbonyl (C=O) groups excluding carboxylic acids is 2. The number of nitrogens with one attached hydrogen (secondary N) is 1. The largest absolute Gasteiger partial charge is 0.487 e. The molecule has 0 bridgehead atoms. The second-order valence-corrected chi connectivity index (χ2v) is 6.14. The Bertz CT molecular complexity index is 927. The Morgan fingerprint density at radius 2 is 1.72 bits per heavy atom. The molecule has 3 aromatic rings. The molecule has 7 heteroatoms. The predicted octanol–water partition coefficient (Wildman–Crippen LogP) is 3.38. The zero-order valence-corrected chi connectivity index (χ0v) is 15.5. The van der Waals surface area contributed by atoms with Gasteiger partial charge in [0.05, 0.1) is 6.26 Å². The Balaban J connectivity index is 1.57. The van der Waals surface area contributed by atoms with E-state index in [0.717, 1.165) is 5.56 Å². The minimum absolute atomic E-state index is 0.0170. The van der Waals surface area contributed by atoms with Gasteiger partial charge in [0.2, 0.25) is 0 Å². The lowest BCUT2D eigenvalue weighted by Gasteiger charge is -2.17. The van der Waals surface area contributed by atoms with Crippen molar-refractivity contribution in [2.75, 3.05) is 13.2 Å². The fraction of sp³-hybridized carbons (Fsp3) is 0.182. The molecule has 1 N–H and O–H groups in total.